The van der Waals surface area contributed by atoms with Crippen molar-refractivity contribution in [1.82, 2.24) is 15.1 Å². The Morgan fingerprint density at radius 3 is 2.68 bits per heavy atom. The van der Waals surface area contributed by atoms with Gasteiger partial charge in [-0.2, -0.15) is 0 Å². The summed E-state index contributed by atoms with van der Waals surface area (Å²) in [4.78, 5) is 4.88. The molecule has 106 valence electrons. The maximum atomic E-state index is 3.60. The minimum absolute atomic E-state index is 0.630. The van der Waals surface area contributed by atoms with E-state index in [9.17, 15) is 0 Å². The average Bonchev–Trinajstić information content (AvgIpc) is 2.38. The summed E-state index contributed by atoms with van der Waals surface area (Å²) in [7, 11) is 4.44. The second kappa shape index (κ2) is 6.51. The highest BCUT2D eigenvalue weighted by Crippen LogP contribution is 2.10. The Balaban J connectivity index is 1.80. The van der Waals surface area contributed by atoms with Gasteiger partial charge in [-0.05, 0) is 44.6 Å². The molecule has 1 N–H and O–H groups in total. The van der Waals surface area contributed by atoms with Crippen molar-refractivity contribution in [2.45, 2.75) is 26.4 Å². The molecule has 1 unspecified atom stereocenters. The van der Waals surface area contributed by atoms with Crippen LogP contribution in [0.25, 0.3) is 0 Å². The smallest absolute Gasteiger partial charge is 0.0345 e. The summed E-state index contributed by atoms with van der Waals surface area (Å²) in [5, 5.41) is 3.60. The van der Waals surface area contributed by atoms with Gasteiger partial charge in [-0.15, -0.1) is 0 Å². The van der Waals surface area contributed by atoms with Crippen LogP contribution in [0.3, 0.4) is 0 Å². The molecule has 1 atom stereocenters. The number of likely N-dealkylation sites (N-methyl/N-ethyl adjacent to an activating group) is 2. The van der Waals surface area contributed by atoms with Crippen LogP contribution in [-0.4, -0.2) is 56.1 Å². The van der Waals surface area contributed by atoms with Gasteiger partial charge in [0.1, 0.15) is 0 Å². The zero-order valence-electron chi connectivity index (χ0n) is 12.7. The third-order valence-electron chi connectivity index (χ3n) is 4.26. The van der Waals surface area contributed by atoms with Crippen LogP contribution in [0.2, 0.25) is 0 Å². The molecule has 3 nitrogen and oxygen atoms in total. The van der Waals surface area contributed by atoms with Crippen LogP contribution in [-0.2, 0) is 6.54 Å². The first-order chi connectivity index (χ1) is 9.06. The van der Waals surface area contributed by atoms with Gasteiger partial charge in [-0.1, -0.05) is 18.2 Å². The van der Waals surface area contributed by atoms with Crippen LogP contribution in [0.1, 0.15) is 16.7 Å². The molecule has 19 heavy (non-hydrogen) atoms. The van der Waals surface area contributed by atoms with Crippen LogP contribution >= 0.6 is 0 Å². The quantitative estimate of drug-likeness (QED) is 0.889. The van der Waals surface area contributed by atoms with Crippen LogP contribution < -0.4 is 5.32 Å². The third kappa shape index (κ3) is 4.03. The first-order valence-electron chi connectivity index (χ1n) is 7.22. The van der Waals surface area contributed by atoms with E-state index in [2.05, 4.69) is 61.3 Å². The van der Waals surface area contributed by atoms with E-state index in [0.29, 0.717) is 6.04 Å². The number of rotatable bonds is 4. The molecule has 1 saturated heterocycles. The van der Waals surface area contributed by atoms with Crippen molar-refractivity contribution >= 4 is 0 Å². The van der Waals surface area contributed by atoms with Crippen molar-refractivity contribution in [2.24, 2.45) is 0 Å². The lowest BCUT2D eigenvalue weighted by molar-refractivity contribution is 0.113. The molecule has 1 fully saturated rings. The maximum absolute atomic E-state index is 3.60. The predicted molar refractivity (Wildman–Crippen MR) is 81.5 cm³/mol. The summed E-state index contributed by atoms with van der Waals surface area (Å²) in [5.74, 6) is 0. The van der Waals surface area contributed by atoms with Crippen molar-refractivity contribution < 1.29 is 0 Å². The summed E-state index contributed by atoms with van der Waals surface area (Å²) in [6, 6.07) is 7.36. The molecule has 0 bridgehead atoms. The monoisotopic (exact) mass is 261 g/mol. The summed E-state index contributed by atoms with van der Waals surface area (Å²) in [5.41, 5.74) is 4.14. The van der Waals surface area contributed by atoms with Gasteiger partial charge in [0.25, 0.3) is 0 Å². The topological polar surface area (TPSA) is 18.5 Å². The lowest BCUT2D eigenvalue weighted by Gasteiger charge is -2.37. The first-order valence-corrected chi connectivity index (χ1v) is 7.22. The molecule has 0 aliphatic carbocycles. The van der Waals surface area contributed by atoms with Gasteiger partial charge >= 0.3 is 0 Å². The number of aryl methyl sites for hydroxylation is 2. The Morgan fingerprint density at radius 1 is 1.16 bits per heavy atom. The largest absolute Gasteiger partial charge is 0.311 e. The number of piperazine rings is 1. The van der Waals surface area contributed by atoms with E-state index in [1.54, 1.807) is 0 Å². The fourth-order valence-electron chi connectivity index (χ4n) is 2.62. The van der Waals surface area contributed by atoms with Crippen LogP contribution in [0.4, 0.5) is 0 Å². The number of nitrogens with one attached hydrogen (secondary N) is 1. The fourth-order valence-corrected chi connectivity index (χ4v) is 2.62. The van der Waals surface area contributed by atoms with Gasteiger partial charge in [0.05, 0.1) is 0 Å². The maximum Gasteiger partial charge on any atom is 0.0345 e. The predicted octanol–water partition coefficient (Wildman–Crippen LogP) is 1.64. The second-order valence-corrected chi connectivity index (χ2v) is 5.95. The molecule has 0 aromatic heterocycles. The van der Waals surface area contributed by atoms with Crippen LogP contribution in [0.15, 0.2) is 18.2 Å². The molecular formula is C16H27N3. The average molecular weight is 261 g/mol. The van der Waals surface area contributed by atoms with E-state index in [1.165, 1.54) is 29.8 Å². The van der Waals surface area contributed by atoms with Crippen LogP contribution in [0, 0.1) is 13.8 Å². The van der Waals surface area contributed by atoms with Crippen molar-refractivity contribution in [3.05, 3.63) is 34.9 Å². The molecule has 1 aromatic carbocycles. The van der Waals surface area contributed by atoms with E-state index >= 15 is 0 Å². The summed E-state index contributed by atoms with van der Waals surface area (Å²) < 4.78 is 0. The molecule has 1 heterocycles. The number of nitrogens with zero attached hydrogens (tertiary/aromatic N) is 2. The highest BCUT2D eigenvalue weighted by Gasteiger charge is 2.21. The van der Waals surface area contributed by atoms with Gasteiger partial charge in [-0.25, -0.2) is 0 Å². The Labute approximate surface area is 117 Å². The molecule has 2 rings (SSSR count). The van der Waals surface area contributed by atoms with Crippen molar-refractivity contribution in [1.29, 1.82) is 0 Å². The van der Waals surface area contributed by atoms with E-state index in [1.807, 2.05) is 0 Å². The standard InChI is InChI=1S/C16H27N3/c1-13-5-6-15(9-14(13)2)10-17-11-16-12-18(3)7-8-19(16)4/h5-6,9,16-17H,7-8,10-12H2,1-4H3. The van der Waals surface area contributed by atoms with Gasteiger partial charge < -0.3 is 10.2 Å². The van der Waals surface area contributed by atoms with Crippen LogP contribution in [0.5, 0.6) is 0 Å². The van der Waals surface area contributed by atoms with Gasteiger partial charge in [0, 0.05) is 38.8 Å². The molecule has 0 spiro atoms. The minimum Gasteiger partial charge on any atom is -0.311 e. The van der Waals surface area contributed by atoms with E-state index in [0.717, 1.165) is 19.6 Å². The van der Waals surface area contributed by atoms with Crippen molar-refractivity contribution in [2.75, 3.05) is 40.3 Å². The van der Waals surface area contributed by atoms with Gasteiger partial charge in [-0.3, -0.25) is 4.90 Å². The zero-order chi connectivity index (χ0) is 13.8. The normalized spacial score (nSPS) is 21.8. The lowest BCUT2D eigenvalue weighted by atomic mass is 10.1. The first kappa shape index (κ1) is 14.5. The second-order valence-electron chi connectivity index (χ2n) is 5.95. The summed E-state index contributed by atoms with van der Waals surface area (Å²) >= 11 is 0. The number of hydrogen-bond donors (Lipinski definition) is 1. The number of hydrogen-bond acceptors (Lipinski definition) is 3. The molecule has 0 radical (unpaired) electrons. The molecule has 1 aliphatic rings. The van der Waals surface area contributed by atoms with E-state index in [4.69, 9.17) is 0 Å². The molecule has 3 heteroatoms. The summed E-state index contributed by atoms with van der Waals surface area (Å²) in [6.45, 7) is 9.90. The van der Waals surface area contributed by atoms with Gasteiger partial charge in [0.15, 0.2) is 0 Å². The zero-order valence-corrected chi connectivity index (χ0v) is 12.7. The third-order valence-corrected chi connectivity index (χ3v) is 4.26. The highest BCUT2D eigenvalue weighted by atomic mass is 15.3. The molecule has 1 aromatic rings. The van der Waals surface area contributed by atoms with Gasteiger partial charge in [0.2, 0.25) is 0 Å². The number of benzene rings is 1. The van der Waals surface area contributed by atoms with E-state index < -0.39 is 0 Å². The van der Waals surface area contributed by atoms with Crippen molar-refractivity contribution in [3.8, 4) is 0 Å². The Kier molecular flexibility index (Phi) is 4.97. The molecule has 0 saturated carbocycles. The Morgan fingerprint density at radius 2 is 1.95 bits per heavy atom. The fraction of sp³-hybridized carbons (Fsp3) is 0.625. The lowest BCUT2D eigenvalue weighted by Crippen LogP contribution is -2.53. The summed E-state index contributed by atoms with van der Waals surface area (Å²) in [6.07, 6.45) is 0. The minimum atomic E-state index is 0.630. The Hall–Kier alpha value is -0.900. The SMILES string of the molecule is Cc1ccc(CNCC2CN(C)CCN2C)cc1C. The Bertz CT molecular complexity index is 416. The molecule has 0 amide bonds. The van der Waals surface area contributed by atoms with E-state index in [-0.39, 0.29) is 0 Å². The molecular weight excluding hydrogens is 234 g/mol. The highest BCUT2D eigenvalue weighted by molar-refractivity contribution is 5.29. The van der Waals surface area contributed by atoms with Crippen molar-refractivity contribution in [3.63, 3.8) is 0 Å². The molecule has 1 aliphatic heterocycles.